The molecule has 2 rings (SSSR count). The SMILES string of the molecule is C=CCOC(=O)Oc1ccc(-c2ccc(O)cc2)cc1. The fraction of sp³-hybridized carbons (Fsp3) is 0.0625. The molecule has 0 spiro atoms. The Bertz CT molecular complexity index is 585. The third-order valence-corrected chi connectivity index (χ3v) is 2.58. The summed E-state index contributed by atoms with van der Waals surface area (Å²) in [4.78, 5) is 11.2. The Balaban J connectivity index is 2.04. The first kappa shape index (κ1) is 13.7. The summed E-state index contributed by atoms with van der Waals surface area (Å²) in [5.74, 6) is 0.625. The minimum atomic E-state index is -0.762. The van der Waals surface area contributed by atoms with Crippen LogP contribution in [0.4, 0.5) is 4.79 Å². The van der Waals surface area contributed by atoms with E-state index < -0.39 is 6.16 Å². The monoisotopic (exact) mass is 270 g/mol. The summed E-state index contributed by atoms with van der Waals surface area (Å²) in [5.41, 5.74) is 1.92. The predicted molar refractivity (Wildman–Crippen MR) is 75.7 cm³/mol. The van der Waals surface area contributed by atoms with Crippen molar-refractivity contribution in [2.24, 2.45) is 0 Å². The number of hydrogen-bond acceptors (Lipinski definition) is 4. The lowest BCUT2D eigenvalue weighted by molar-refractivity contribution is 0.109. The van der Waals surface area contributed by atoms with Gasteiger partial charge < -0.3 is 14.6 Å². The molecule has 0 aliphatic carbocycles. The predicted octanol–water partition coefficient (Wildman–Crippen LogP) is 3.76. The largest absolute Gasteiger partial charge is 0.514 e. The van der Waals surface area contributed by atoms with Crippen LogP contribution in [0.3, 0.4) is 0 Å². The molecule has 1 N–H and O–H groups in total. The van der Waals surface area contributed by atoms with Crippen LogP contribution in [0.15, 0.2) is 61.2 Å². The fourth-order valence-electron chi connectivity index (χ4n) is 1.62. The van der Waals surface area contributed by atoms with Gasteiger partial charge in [-0.2, -0.15) is 0 Å². The summed E-state index contributed by atoms with van der Waals surface area (Å²) in [6, 6.07) is 13.9. The van der Waals surface area contributed by atoms with E-state index in [1.54, 1.807) is 24.3 Å². The summed E-state index contributed by atoms with van der Waals surface area (Å²) in [7, 11) is 0. The van der Waals surface area contributed by atoms with Crippen LogP contribution in [0.2, 0.25) is 0 Å². The molecule has 0 aliphatic rings. The molecule has 2 aromatic rings. The molecule has 102 valence electrons. The Morgan fingerprint density at radius 1 is 1.05 bits per heavy atom. The van der Waals surface area contributed by atoms with Crippen molar-refractivity contribution in [2.45, 2.75) is 0 Å². The molecule has 0 unspecified atom stereocenters. The number of ether oxygens (including phenoxy) is 2. The van der Waals surface area contributed by atoms with Gasteiger partial charge in [0, 0.05) is 0 Å². The average molecular weight is 270 g/mol. The van der Waals surface area contributed by atoms with Gasteiger partial charge in [-0.3, -0.25) is 0 Å². The zero-order valence-corrected chi connectivity index (χ0v) is 10.8. The van der Waals surface area contributed by atoms with E-state index in [-0.39, 0.29) is 12.4 Å². The summed E-state index contributed by atoms with van der Waals surface area (Å²) >= 11 is 0. The van der Waals surface area contributed by atoms with Gasteiger partial charge in [0.1, 0.15) is 18.1 Å². The van der Waals surface area contributed by atoms with Gasteiger partial charge in [0.2, 0.25) is 0 Å². The number of carbonyl (C=O) groups is 1. The normalized spacial score (nSPS) is 9.80. The van der Waals surface area contributed by atoms with Crippen molar-refractivity contribution in [3.63, 3.8) is 0 Å². The number of aromatic hydroxyl groups is 1. The van der Waals surface area contributed by atoms with Gasteiger partial charge in [-0.25, -0.2) is 4.79 Å². The zero-order valence-electron chi connectivity index (χ0n) is 10.8. The lowest BCUT2D eigenvalue weighted by Gasteiger charge is -2.06. The maximum absolute atomic E-state index is 11.2. The minimum absolute atomic E-state index is 0.116. The second kappa shape index (κ2) is 6.43. The first-order chi connectivity index (χ1) is 9.69. The highest BCUT2D eigenvalue weighted by Gasteiger charge is 2.05. The van der Waals surface area contributed by atoms with Crippen molar-refractivity contribution in [2.75, 3.05) is 6.61 Å². The Labute approximate surface area is 116 Å². The van der Waals surface area contributed by atoms with Gasteiger partial charge in [-0.15, -0.1) is 0 Å². The molecule has 0 bridgehead atoms. The van der Waals surface area contributed by atoms with Crippen LogP contribution in [-0.2, 0) is 4.74 Å². The van der Waals surface area contributed by atoms with Crippen LogP contribution in [0, 0.1) is 0 Å². The molecule has 0 aliphatic heterocycles. The molecule has 0 amide bonds. The molecule has 2 aromatic carbocycles. The summed E-state index contributed by atoms with van der Waals surface area (Å²) in [6.07, 6.45) is 0.706. The van der Waals surface area contributed by atoms with Crippen LogP contribution in [-0.4, -0.2) is 17.9 Å². The second-order valence-corrected chi connectivity index (χ2v) is 4.02. The molecule has 0 saturated carbocycles. The van der Waals surface area contributed by atoms with E-state index in [1.807, 2.05) is 24.3 Å². The van der Waals surface area contributed by atoms with Gasteiger partial charge in [-0.1, -0.05) is 36.9 Å². The minimum Gasteiger partial charge on any atom is -0.508 e. The number of phenolic OH excluding ortho intramolecular Hbond substituents is 1. The molecule has 0 saturated heterocycles. The van der Waals surface area contributed by atoms with Gasteiger partial charge in [0.15, 0.2) is 0 Å². The highest BCUT2D eigenvalue weighted by Crippen LogP contribution is 2.24. The highest BCUT2D eigenvalue weighted by molar-refractivity contribution is 5.67. The molecule has 0 heterocycles. The maximum atomic E-state index is 11.2. The van der Waals surface area contributed by atoms with Crippen LogP contribution in [0.25, 0.3) is 11.1 Å². The van der Waals surface area contributed by atoms with E-state index in [1.165, 1.54) is 6.08 Å². The van der Waals surface area contributed by atoms with Crippen molar-refractivity contribution in [3.05, 3.63) is 61.2 Å². The van der Waals surface area contributed by atoms with E-state index in [0.717, 1.165) is 11.1 Å². The summed E-state index contributed by atoms with van der Waals surface area (Å²) in [5, 5.41) is 9.24. The number of rotatable bonds is 4. The standard InChI is InChI=1S/C16H14O4/c1-2-11-19-16(18)20-15-9-5-13(6-10-15)12-3-7-14(17)8-4-12/h2-10,17H,1,11H2. The smallest absolute Gasteiger partial charge is 0.508 e. The number of benzene rings is 2. The number of carbonyl (C=O) groups excluding carboxylic acids is 1. The van der Waals surface area contributed by atoms with Crippen molar-refractivity contribution in [3.8, 4) is 22.6 Å². The molecule has 4 heteroatoms. The van der Waals surface area contributed by atoms with Crippen molar-refractivity contribution >= 4 is 6.16 Å². The zero-order chi connectivity index (χ0) is 14.4. The third kappa shape index (κ3) is 3.62. The Morgan fingerprint density at radius 2 is 1.60 bits per heavy atom. The highest BCUT2D eigenvalue weighted by atomic mass is 16.7. The van der Waals surface area contributed by atoms with Gasteiger partial charge in [0.25, 0.3) is 0 Å². The molecule has 0 radical (unpaired) electrons. The van der Waals surface area contributed by atoms with Gasteiger partial charge >= 0.3 is 6.16 Å². The average Bonchev–Trinajstić information content (AvgIpc) is 2.47. The summed E-state index contributed by atoms with van der Waals surface area (Å²) < 4.78 is 9.69. The lowest BCUT2D eigenvalue weighted by Crippen LogP contribution is -2.10. The quantitative estimate of drug-likeness (QED) is 0.522. The molecular weight excluding hydrogens is 256 g/mol. The van der Waals surface area contributed by atoms with Crippen molar-refractivity contribution in [1.82, 2.24) is 0 Å². The van der Waals surface area contributed by atoms with Crippen molar-refractivity contribution < 1.29 is 19.4 Å². The molecular formula is C16H14O4. The number of hydrogen-bond donors (Lipinski definition) is 1. The Morgan fingerprint density at radius 3 is 2.15 bits per heavy atom. The fourth-order valence-corrected chi connectivity index (χ4v) is 1.62. The van der Waals surface area contributed by atoms with E-state index in [2.05, 4.69) is 6.58 Å². The van der Waals surface area contributed by atoms with Crippen LogP contribution in [0.5, 0.6) is 11.5 Å². The molecule has 20 heavy (non-hydrogen) atoms. The molecule has 0 atom stereocenters. The van der Waals surface area contributed by atoms with E-state index in [0.29, 0.717) is 5.75 Å². The van der Waals surface area contributed by atoms with E-state index >= 15 is 0 Å². The van der Waals surface area contributed by atoms with Crippen LogP contribution in [0.1, 0.15) is 0 Å². The number of phenols is 1. The Kier molecular flexibility index (Phi) is 4.39. The van der Waals surface area contributed by atoms with E-state index in [9.17, 15) is 9.90 Å². The van der Waals surface area contributed by atoms with Crippen LogP contribution < -0.4 is 4.74 Å². The first-order valence-electron chi connectivity index (χ1n) is 6.04. The molecule has 4 nitrogen and oxygen atoms in total. The topological polar surface area (TPSA) is 55.8 Å². The van der Waals surface area contributed by atoms with E-state index in [4.69, 9.17) is 9.47 Å². The lowest BCUT2D eigenvalue weighted by atomic mass is 10.1. The Hall–Kier alpha value is -2.75. The molecule has 0 fully saturated rings. The maximum Gasteiger partial charge on any atom is 0.514 e. The van der Waals surface area contributed by atoms with Gasteiger partial charge in [0.05, 0.1) is 0 Å². The third-order valence-electron chi connectivity index (χ3n) is 2.58. The first-order valence-corrected chi connectivity index (χ1v) is 6.04. The van der Waals surface area contributed by atoms with Crippen molar-refractivity contribution in [1.29, 1.82) is 0 Å². The second-order valence-electron chi connectivity index (χ2n) is 4.02. The van der Waals surface area contributed by atoms with Gasteiger partial charge in [-0.05, 0) is 35.4 Å². The van der Waals surface area contributed by atoms with Crippen LogP contribution >= 0.6 is 0 Å². The molecule has 0 aromatic heterocycles. The summed E-state index contributed by atoms with van der Waals surface area (Å²) in [6.45, 7) is 3.56.